The Kier molecular flexibility index (Phi) is 4.22. The molecule has 26 heavy (non-hydrogen) atoms. The van der Waals surface area contributed by atoms with Crippen LogP contribution in [0.3, 0.4) is 0 Å². The van der Waals surface area contributed by atoms with Gasteiger partial charge < -0.3 is 14.6 Å². The quantitative estimate of drug-likeness (QED) is 0.909. The summed E-state index contributed by atoms with van der Waals surface area (Å²) >= 11 is 0. The Labute approximate surface area is 151 Å². The minimum atomic E-state index is -0.985. The molecule has 0 saturated carbocycles. The van der Waals surface area contributed by atoms with Crippen LogP contribution in [0, 0.1) is 6.92 Å². The maximum atomic E-state index is 13.0. The topological polar surface area (TPSA) is 88.3 Å². The van der Waals surface area contributed by atoms with E-state index in [0.717, 1.165) is 19.3 Å². The molecule has 7 nitrogen and oxygen atoms in total. The summed E-state index contributed by atoms with van der Waals surface area (Å²) in [5, 5.41) is 17.7. The van der Waals surface area contributed by atoms with Crippen LogP contribution in [0.15, 0.2) is 24.3 Å². The molecule has 0 bridgehead atoms. The van der Waals surface area contributed by atoms with Crippen LogP contribution >= 0.6 is 0 Å². The monoisotopic (exact) mass is 354 g/mol. The largest absolute Gasteiger partial charge is 0.480 e. The fraction of sp³-hybridized carbons (Fsp3) is 0.474. The van der Waals surface area contributed by atoms with Crippen molar-refractivity contribution in [2.24, 2.45) is 0 Å². The van der Waals surface area contributed by atoms with Gasteiger partial charge in [-0.1, -0.05) is 24.3 Å². The van der Waals surface area contributed by atoms with Gasteiger partial charge in [-0.2, -0.15) is 0 Å². The summed E-state index contributed by atoms with van der Waals surface area (Å²) in [5.41, 5.74) is 2.54. The Hall–Kier alpha value is -2.70. The average molecular weight is 354 g/mol. The zero-order valence-electron chi connectivity index (χ0n) is 14.8. The van der Waals surface area contributed by atoms with Crippen molar-refractivity contribution < 1.29 is 14.7 Å². The molecule has 2 unspecified atom stereocenters. The molecule has 1 aromatic heterocycles. The van der Waals surface area contributed by atoms with Crippen LogP contribution in [0.4, 0.5) is 0 Å². The Morgan fingerprint density at radius 2 is 2.08 bits per heavy atom. The SMILES string of the molecule is Cc1nnc2n1CC(C(=O)O)N(C(=O)CC1CCCc3ccccc31)C2. The lowest BCUT2D eigenvalue weighted by Crippen LogP contribution is -2.51. The third-order valence-corrected chi connectivity index (χ3v) is 5.58. The number of benzene rings is 1. The maximum Gasteiger partial charge on any atom is 0.328 e. The first-order valence-electron chi connectivity index (χ1n) is 9.03. The van der Waals surface area contributed by atoms with Gasteiger partial charge in [0.15, 0.2) is 5.82 Å². The third-order valence-electron chi connectivity index (χ3n) is 5.58. The number of fused-ring (bicyclic) bond motifs is 2. The second kappa shape index (κ2) is 6.55. The lowest BCUT2D eigenvalue weighted by atomic mass is 9.81. The number of amides is 1. The van der Waals surface area contributed by atoms with Gasteiger partial charge in [0.2, 0.25) is 5.91 Å². The average Bonchev–Trinajstić information content (AvgIpc) is 3.01. The van der Waals surface area contributed by atoms with Crippen LogP contribution < -0.4 is 0 Å². The first-order chi connectivity index (χ1) is 12.5. The van der Waals surface area contributed by atoms with Crippen molar-refractivity contribution in [3.63, 3.8) is 0 Å². The van der Waals surface area contributed by atoms with Gasteiger partial charge in [0.25, 0.3) is 0 Å². The van der Waals surface area contributed by atoms with Crippen molar-refractivity contribution in [1.82, 2.24) is 19.7 Å². The fourth-order valence-corrected chi connectivity index (χ4v) is 4.18. The summed E-state index contributed by atoms with van der Waals surface area (Å²) in [6.07, 6.45) is 3.41. The number of carboxylic acids is 1. The second-order valence-corrected chi connectivity index (χ2v) is 7.14. The van der Waals surface area contributed by atoms with Crippen molar-refractivity contribution >= 4 is 11.9 Å². The first kappa shape index (κ1) is 16.8. The number of carbonyl (C=O) groups excluding carboxylic acids is 1. The third kappa shape index (κ3) is 2.87. The minimum absolute atomic E-state index is 0.119. The zero-order chi connectivity index (χ0) is 18.3. The van der Waals surface area contributed by atoms with Gasteiger partial charge in [-0.05, 0) is 43.2 Å². The highest BCUT2D eigenvalue weighted by Gasteiger charge is 2.37. The molecule has 0 spiro atoms. The van der Waals surface area contributed by atoms with Crippen molar-refractivity contribution in [3.05, 3.63) is 47.0 Å². The molecule has 2 aliphatic rings. The minimum Gasteiger partial charge on any atom is -0.480 e. The van der Waals surface area contributed by atoms with E-state index in [1.807, 2.05) is 12.1 Å². The predicted octanol–water partition coefficient (Wildman–Crippen LogP) is 1.89. The molecule has 136 valence electrons. The standard InChI is InChI=1S/C19H22N4O3/c1-12-20-21-17-11-23(16(19(25)26)10-22(12)17)18(24)9-14-7-4-6-13-5-2-3-8-15(13)14/h2-3,5,8,14,16H,4,6-7,9-11H2,1H3,(H,25,26). The molecule has 2 aromatic rings. The van der Waals surface area contributed by atoms with Gasteiger partial charge in [-0.25, -0.2) is 4.79 Å². The number of hydrogen-bond acceptors (Lipinski definition) is 4. The number of nitrogens with zero attached hydrogens (tertiary/aromatic N) is 4. The number of aliphatic carboxylic acids is 1. The molecule has 1 aliphatic carbocycles. The summed E-state index contributed by atoms with van der Waals surface area (Å²) in [5.74, 6) is 0.382. The summed E-state index contributed by atoms with van der Waals surface area (Å²) in [4.78, 5) is 26.2. The predicted molar refractivity (Wildman–Crippen MR) is 93.5 cm³/mol. The Bertz CT molecular complexity index is 860. The summed E-state index contributed by atoms with van der Waals surface area (Å²) in [6.45, 7) is 2.20. The van der Waals surface area contributed by atoms with E-state index in [9.17, 15) is 14.7 Å². The summed E-state index contributed by atoms with van der Waals surface area (Å²) in [7, 11) is 0. The van der Waals surface area contributed by atoms with Crippen molar-refractivity contribution in [1.29, 1.82) is 0 Å². The van der Waals surface area contributed by atoms with Gasteiger partial charge >= 0.3 is 5.97 Å². The number of aromatic nitrogens is 3. The molecule has 1 amide bonds. The summed E-state index contributed by atoms with van der Waals surface area (Å²) < 4.78 is 1.79. The van der Waals surface area contributed by atoms with Crippen LogP contribution in [0.5, 0.6) is 0 Å². The van der Waals surface area contributed by atoms with Crippen LogP contribution in [0.1, 0.15) is 48.0 Å². The van der Waals surface area contributed by atoms with Gasteiger partial charge in [-0.3, -0.25) is 4.79 Å². The highest BCUT2D eigenvalue weighted by Crippen LogP contribution is 2.35. The number of hydrogen-bond donors (Lipinski definition) is 1. The molecule has 1 N–H and O–H groups in total. The Morgan fingerprint density at radius 1 is 1.27 bits per heavy atom. The van der Waals surface area contributed by atoms with Gasteiger partial charge in [-0.15, -0.1) is 10.2 Å². The number of rotatable bonds is 3. The van der Waals surface area contributed by atoms with E-state index in [4.69, 9.17) is 0 Å². The van der Waals surface area contributed by atoms with Crippen molar-refractivity contribution in [3.8, 4) is 0 Å². The highest BCUT2D eigenvalue weighted by atomic mass is 16.4. The molecule has 2 atom stereocenters. The molecule has 1 aliphatic heterocycles. The smallest absolute Gasteiger partial charge is 0.328 e. The van der Waals surface area contributed by atoms with Crippen molar-refractivity contribution in [2.75, 3.05) is 0 Å². The van der Waals surface area contributed by atoms with E-state index in [1.54, 1.807) is 11.5 Å². The highest BCUT2D eigenvalue weighted by molar-refractivity contribution is 5.84. The van der Waals surface area contributed by atoms with E-state index in [0.29, 0.717) is 18.1 Å². The molecule has 0 saturated heterocycles. The molecule has 7 heteroatoms. The molecular weight excluding hydrogens is 332 g/mol. The van der Waals surface area contributed by atoms with Crippen LogP contribution in [-0.2, 0) is 29.1 Å². The van der Waals surface area contributed by atoms with Gasteiger partial charge in [0.1, 0.15) is 11.9 Å². The van der Waals surface area contributed by atoms with Crippen molar-refractivity contribution in [2.45, 2.75) is 57.7 Å². The number of aryl methyl sites for hydroxylation is 2. The van der Waals surface area contributed by atoms with Crippen LogP contribution in [0.2, 0.25) is 0 Å². The molecular formula is C19H22N4O3. The zero-order valence-corrected chi connectivity index (χ0v) is 14.8. The fourth-order valence-electron chi connectivity index (χ4n) is 4.18. The van der Waals surface area contributed by atoms with E-state index in [2.05, 4.69) is 22.3 Å². The van der Waals surface area contributed by atoms with E-state index in [-0.39, 0.29) is 24.9 Å². The summed E-state index contributed by atoms with van der Waals surface area (Å²) in [6, 6.07) is 7.38. The van der Waals surface area contributed by atoms with E-state index < -0.39 is 12.0 Å². The lowest BCUT2D eigenvalue weighted by molar-refractivity contribution is -0.153. The Morgan fingerprint density at radius 3 is 2.88 bits per heavy atom. The molecule has 0 fully saturated rings. The maximum absolute atomic E-state index is 13.0. The molecule has 4 rings (SSSR count). The van der Waals surface area contributed by atoms with E-state index >= 15 is 0 Å². The van der Waals surface area contributed by atoms with Gasteiger partial charge in [0, 0.05) is 6.42 Å². The van der Waals surface area contributed by atoms with Crippen LogP contribution in [-0.4, -0.2) is 42.7 Å². The molecule has 1 aromatic carbocycles. The van der Waals surface area contributed by atoms with Gasteiger partial charge in [0.05, 0.1) is 13.1 Å². The molecule has 2 heterocycles. The number of carbonyl (C=O) groups is 2. The van der Waals surface area contributed by atoms with Crippen LogP contribution in [0.25, 0.3) is 0 Å². The van der Waals surface area contributed by atoms with E-state index in [1.165, 1.54) is 16.0 Å². The number of carboxylic acid groups (broad SMARTS) is 1. The lowest BCUT2D eigenvalue weighted by Gasteiger charge is -2.35. The normalized spacial score (nSPS) is 21.8. The second-order valence-electron chi connectivity index (χ2n) is 7.14. The molecule has 0 radical (unpaired) electrons. The first-order valence-corrected chi connectivity index (χ1v) is 9.03. The Balaban J connectivity index is 1.57.